The highest BCUT2D eigenvalue weighted by molar-refractivity contribution is 5.58. The molecule has 1 aromatic carbocycles. The van der Waals surface area contributed by atoms with E-state index >= 15 is 0 Å². The normalized spacial score (nSPS) is 15.1. The SMILES string of the molecule is O=[N+]([O-])c1ccc(N2CCCCC2)c(Cn2cccc2)c1. The van der Waals surface area contributed by atoms with Gasteiger partial charge in [-0.1, -0.05) is 0 Å². The van der Waals surface area contributed by atoms with Crippen LogP contribution < -0.4 is 4.90 Å². The molecule has 0 bridgehead atoms. The highest BCUT2D eigenvalue weighted by Gasteiger charge is 2.17. The lowest BCUT2D eigenvalue weighted by Crippen LogP contribution is -2.30. The van der Waals surface area contributed by atoms with Crippen LogP contribution in [0.2, 0.25) is 0 Å². The molecule has 0 atom stereocenters. The maximum Gasteiger partial charge on any atom is 0.269 e. The van der Waals surface area contributed by atoms with Gasteiger partial charge < -0.3 is 9.47 Å². The van der Waals surface area contributed by atoms with Gasteiger partial charge in [-0.2, -0.15) is 0 Å². The fourth-order valence-corrected chi connectivity index (χ4v) is 2.93. The van der Waals surface area contributed by atoms with Crippen molar-refractivity contribution in [2.24, 2.45) is 0 Å². The Morgan fingerprint density at radius 1 is 1.10 bits per heavy atom. The molecular weight excluding hydrogens is 266 g/mol. The standard InChI is InChI=1S/C16H19N3O2/c20-19(21)15-6-7-16(18-10-2-1-3-11-18)14(12-15)13-17-8-4-5-9-17/h4-9,12H,1-3,10-11,13H2. The molecule has 1 saturated heterocycles. The van der Waals surface area contributed by atoms with Crippen molar-refractivity contribution in [1.82, 2.24) is 4.57 Å². The van der Waals surface area contributed by atoms with E-state index in [4.69, 9.17) is 0 Å². The Morgan fingerprint density at radius 2 is 1.81 bits per heavy atom. The number of benzene rings is 1. The van der Waals surface area contributed by atoms with Gasteiger partial charge in [0.1, 0.15) is 0 Å². The van der Waals surface area contributed by atoms with Gasteiger partial charge in [0.2, 0.25) is 0 Å². The fourth-order valence-electron chi connectivity index (χ4n) is 2.93. The van der Waals surface area contributed by atoms with Crippen molar-refractivity contribution < 1.29 is 4.92 Å². The molecule has 0 unspecified atom stereocenters. The molecule has 1 aliphatic heterocycles. The number of nitro groups is 1. The molecule has 0 N–H and O–H groups in total. The number of hydrogen-bond donors (Lipinski definition) is 0. The van der Waals surface area contributed by atoms with E-state index in [1.807, 2.05) is 35.2 Å². The lowest BCUT2D eigenvalue weighted by Gasteiger charge is -2.30. The minimum atomic E-state index is -0.320. The predicted molar refractivity (Wildman–Crippen MR) is 82.7 cm³/mol. The summed E-state index contributed by atoms with van der Waals surface area (Å²) < 4.78 is 2.05. The second-order valence-electron chi connectivity index (χ2n) is 5.47. The Morgan fingerprint density at radius 3 is 2.48 bits per heavy atom. The first kappa shape index (κ1) is 13.7. The zero-order valence-electron chi connectivity index (χ0n) is 11.9. The maximum atomic E-state index is 11.0. The number of hydrogen-bond acceptors (Lipinski definition) is 3. The summed E-state index contributed by atoms with van der Waals surface area (Å²) in [5.41, 5.74) is 2.31. The third-order valence-electron chi connectivity index (χ3n) is 3.99. The summed E-state index contributed by atoms with van der Waals surface area (Å²) in [7, 11) is 0. The molecule has 0 aliphatic carbocycles. The summed E-state index contributed by atoms with van der Waals surface area (Å²) in [6, 6.07) is 9.17. The minimum Gasteiger partial charge on any atom is -0.371 e. The molecule has 2 aromatic rings. The lowest BCUT2D eigenvalue weighted by molar-refractivity contribution is -0.384. The third kappa shape index (κ3) is 3.07. The molecule has 5 nitrogen and oxygen atoms in total. The van der Waals surface area contributed by atoms with Gasteiger partial charge in [-0.3, -0.25) is 10.1 Å². The number of non-ortho nitro benzene ring substituents is 1. The van der Waals surface area contributed by atoms with Gasteiger partial charge in [0, 0.05) is 55.4 Å². The Bertz CT molecular complexity index is 616. The number of nitro benzene ring substituents is 1. The molecule has 0 saturated carbocycles. The topological polar surface area (TPSA) is 51.3 Å². The number of nitrogens with zero attached hydrogens (tertiary/aromatic N) is 3. The van der Waals surface area contributed by atoms with Crippen molar-refractivity contribution in [3.63, 3.8) is 0 Å². The molecule has 0 spiro atoms. The van der Waals surface area contributed by atoms with Crippen LogP contribution in [0.1, 0.15) is 24.8 Å². The second-order valence-corrected chi connectivity index (χ2v) is 5.47. The number of aromatic nitrogens is 1. The van der Waals surface area contributed by atoms with Gasteiger partial charge in [0.25, 0.3) is 5.69 Å². The average molecular weight is 285 g/mol. The van der Waals surface area contributed by atoms with Crippen LogP contribution in [0.3, 0.4) is 0 Å². The Hall–Kier alpha value is -2.30. The fraction of sp³-hybridized carbons (Fsp3) is 0.375. The molecule has 1 aliphatic rings. The van der Waals surface area contributed by atoms with Crippen LogP contribution in [-0.4, -0.2) is 22.6 Å². The first-order chi connectivity index (χ1) is 10.2. The molecule has 0 amide bonds. The summed E-state index contributed by atoms with van der Waals surface area (Å²) in [5.74, 6) is 0. The van der Waals surface area contributed by atoms with Crippen LogP contribution in [0.25, 0.3) is 0 Å². The van der Waals surface area contributed by atoms with E-state index in [2.05, 4.69) is 4.90 Å². The third-order valence-corrected chi connectivity index (χ3v) is 3.99. The maximum absolute atomic E-state index is 11.0. The highest BCUT2D eigenvalue weighted by atomic mass is 16.6. The van der Waals surface area contributed by atoms with Gasteiger partial charge in [-0.15, -0.1) is 0 Å². The van der Waals surface area contributed by atoms with Crippen LogP contribution >= 0.6 is 0 Å². The van der Waals surface area contributed by atoms with E-state index in [0.717, 1.165) is 24.3 Å². The monoisotopic (exact) mass is 285 g/mol. The van der Waals surface area contributed by atoms with Crippen LogP contribution in [-0.2, 0) is 6.54 Å². The van der Waals surface area contributed by atoms with E-state index in [9.17, 15) is 10.1 Å². The Labute approximate surface area is 124 Å². The molecule has 2 heterocycles. The van der Waals surface area contributed by atoms with Crippen molar-refractivity contribution in [2.45, 2.75) is 25.8 Å². The first-order valence-corrected chi connectivity index (χ1v) is 7.37. The average Bonchev–Trinajstić information content (AvgIpc) is 3.01. The van der Waals surface area contributed by atoms with Crippen LogP contribution in [0, 0.1) is 10.1 Å². The first-order valence-electron chi connectivity index (χ1n) is 7.37. The lowest BCUT2D eigenvalue weighted by atomic mass is 10.1. The van der Waals surface area contributed by atoms with Crippen molar-refractivity contribution in [2.75, 3.05) is 18.0 Å². The molecule has 3 rings (SSSR count). The van der Waals surface area contributed by atoms with Crippen LogP contribution in [0.4, 0.5) is 11.4 Å². The van der Waals surface area contributed by atoms with E-state index in [-0.39, 0.29) is 10.6 Å². The van der Waals surface area contributed by atoms with Crippen molar-refractivity contribution in [3.05, 3.63) is 58.4 Å². The molecular formula is C16H19N3O2. The summed E-state index contributed by atoms with van der Waals surface area (Å²) >= 11 is 0. The van der Waals surface area contributed by atoms with Crippen LogP contribution in [0.5, 0.6) is 0 Å². The zero-order chi connectivity index (χ0) is 14.7. The Kier molecular flexibility index (Phi) is 3.90. The number of anilines is 1. The largest absolute Gasteiger partial charge is 0.371 e. The molecule has 0 radical (unpaired) electrons. The summed E-state index contributed by atoms with van der Waals surface area (Å²) in [5, 5.41) is 11.0. The number of rotatable bonds is 4. The molecule has 5 heteroatoms. The van der Waals surface area contributed by atoms with E-state index in [1.165, 1.54) is 19.3 Å². The van der Waals surface area contributed by atoms with Gasteiger partial charge >= 0.3 is 0 Å². The van der Waals surface area contributed by atoms with Gasteiger partial charge in [-0.25, -0.2) is 0 Å². The predicted octanol–water partition coefficient (Wildman–Crippen LogP) is 3.43. The van der Waals surface area contributed by atoms with Crippen molar-refractivity contribution in [1.29, 1.82) is 0 Å². The van der Waals surface area contributed by atoms with Gasteiger partial charge in [0.05, 0.1) is 4.92 Å². The second kappa shape index (κ2) is 5.99. The van der Waals surface area contributed by atoms with Crippen molar-refractivity contribution >= 4 is 11.4 Å². The van der Waals surface area contributed by atoms with E-state index in [1.54, 1.807) is 12.1 Å². The molecule has 21 heavy (non-hydrogen) atoms. The summed E-state index contributed by atoms with van der Waals surface area (Å²) in [6.07, 6.45) is 7.63. The highest BCUT2D eigenvalue weighted by Crippen LogP contribution is 2.28. The minimum absolute atomic E-state index is 0.165. The van der Waals surface area contributed by atoms with Gasteiger partial charge in [-0.05, 0) is 37.5 Å². The van der Waals surface area contributed by atoms with E-state index in [0.29, 0.717) is 6.54 Å². The zero-order valence-corrected chi connectivity index (χ0v) is 11.9. The molecule has 1 fully saturated rings. The van der Waals surface area contributed by atoms with Crippen molar-refractivity contribution in [3.8, 4) is 0 Å². The van der Waals surface area contributed by atoms with Gasteiger partial charge in [0.15, 0.2) is 0 Å². The van der Waals surface area contributed by atoms with Crippen LogP contribution in [0.15, 0.2) is 42.7 Å². The van der Waals surface area contributed by atoms with E-state index < -0.39 is 0 Å². The Balaban J connectivity index is 1.95. The summed E-state index contributed by atoms with van der Waals surface area (Å²) in [4.78, 5) is 13.1. The molecule has 1 aromatic heterocycles. The summed E-state index contributed by atoms with van der Waals surface area (Å²) in [6.45, 7) is 2.74. The quantitative estimate of drug-likeness (QED) is 0.638. The number of piperidine rings is 1. The molecule has 110 valence electrons. The smallest absolute Gasteiger partial charge is 0.269 e.